The average Bonchev–Trinajstić information content (AvgIpc) is 3.07. The molecule has 1 aliphatic rings. The first kappa shape index (κ1) is 16.3. The Balaban J connectivity index is 2.08. The summed E-state index contributed by atoms with van der Waals surface area (Å²) in [6, 6.07) is 0. The van der Waals surface area contributed by atoms with Crippen LogP contribution in [0, 0.1) is 5.92 Å². The van der Waals surface area contributed by atoms with Crippen molar-refractivity contribution in [3.05, 3.63) is 11.4 Å². The minimum absolute atomic E-state index is 0.127. The number of aromatic nitrogens is 2. The van der Waals surface area contributed by atoms with Crippen LogP contribution in [0.4, 0.5) is 0 Å². The lowest BCUT2D eigenvalue weighted by molar-refractivity contribution is 0.0944. The Kier molecular flexibility index (Phi) is 4.93. The average molecular weight is 334 g/mol. The molecule has 0 spiro atoms. The molecule has 0 aromatic carbocycles. The van der Waals surface area contributed by atoms with Crippen molar-refractivity contribution in [2.75, 3.05) is 6.54 Å². The van der Waals surface area contributed by atoms with Crippen molar-refractivity contribution in [3.63, 3.8) is 0 Å². The maximum atomic E-state index is 12.1. The van der Waals surface area contributed by atoms with Gasteiger partial charge >= 0.3 is 0 Å². The van der Waals surface area contributed by atoms with E-state index in [9.17, 15) is 13.2 Å². The number of amides is 1. The Bertz CT molecular complexity index is 621. The molecular weight excluding hydrogens is 314 g/mol. The van der Waals surface area contributed by atoms with Crippen molar-refractivity contribution < 1.29 is 13.2 Å². The molecule has 1 saturated carbocycles. The summed E-state index contributed by atoms with van der Waals surface area (Å²) >= 11 is 0. The van der Waals surface area contributed by atoms with Crippen LogP contribution in [0.5, 0.6) is 0 Å². The summed E-state index contributed by atoms with van der Waals surface area (Å²) in [5, 5.41) is 9.14. The second kappa shape index (κ2) is 6.36. The largest absolute Gasteiger partial charge is 0.351 e. The molecule has 0 unspecified atom stereocenters. The minimum Gasteiger partial charge on any atom is -0.351 e. The zero-order valence-corrected chi connectivity index (χ0v) is 13.7. The number of nitrogens with zero attached hydrogens (tertiary/aromatic N) is 1. The van der Waals surface area contributed by atoms with E-state index in [0.717, 1.165) is 18.8 Å². The molecule has 0 radical (unpaired) electrons. The van der Waals surface area contributed by atoms with Crippen molar-refractivity contribution >= 4 is 25.6 Å². The van der Waals surface area contributed by atoms with Crippen molar-refractivity contribution in [3.8, 4) is 0 Å². The van der Waals surface area contributed by atoms with E-state index in [1.807, 2.05) is 0 Å². The maximum absolute atomic E-state index is 12.1. The summed E-state index contributed by atoms with van der Waals surface area (Å²) in [7, 11) is 1.41. The number of carbonyl (C=O) groups excluding carboxylic acids is 1. The van der Waals surface area contributed by atoms with Crippen LogP contribution >= 0.6 is 10.7 Å². The highest BCUT2D eigenvalue weighted by atomic mass is 35.7. The number of hydrogen-bond donors (Lipinski definition) is 2. The Hall–Kier alpha value is -1.08. The molecular formula is C13H20ClN3O3S. The molecule has 0 bridgehead atoms. The van der Waals surface area contributed by atoms with Gasteiger partial charge in [0.1, 0.15) is 4.90 Å². The van der Waals surface area contributed by atoms with E-state index in [4.69, 9.17) is 10.7 Å². The van der Waals surface area contributed by atoms with Gasteiger partial charge in [0.15, 0.2) is 5.69 Å². The van der Waals surface area contributed by atoms with Gasteiger partial charge in [-0.25, -0.2) is 8.42 Å². The second-order valence-corrected chi connectivity index (χ2v) is 8.25. The molecule has 0 aliphatic heterocycles. The van der Waals surface area contributed by atoms with E-state index in [-0.39, 0.29) is 16.5 Å². The first-order valence-electron chi connectivity index (χ1n) is 7.11. The van der Waals surface area contributed by atoms with Gasteiger partial charge in [0.2, 0.25) is 0 Å². The third-order valence-corrected chi connectivity index (χ3v) is 4.92. The van der Waals surface area contributed by atoms with E-state index in [2.05, 4.69) is 15.5 Å². The zero-order chi connectivity index (χ0) is 15.6. The van der Waals surface area contributed by atoms with E-state index < -0.39 is 15.0 Å². The van der Waals surface area contributed by atoms with Crippen LogP contribution in [0.2, 0.25) is 0 Å². The van der Waals surface area contributed by atoms with Crippen LogP contribution in [0.25, 0.3) is 0 Å². The van der Waals surface area contributed by atoms with E-state index >= 15 is 0 Å². The molecule has 8 heteroatoms. The number of rotatable bonds is 7. The number of halogens is 1. The third kappa shape index (κ3) is 4.20. The molecule has 1 aromatic heterocycles. The second-order valence-electron chi connectivity index (χ2n) is 5.75. The van der Waals surface area contributed by atoms with Gasteiger partial charge in [-0.3, -0.25) is 9.89 Å². The molecule has 21 heavy (non-hydrogen) atoms. The van der Waals surface area contributed by atoms with Gasteiger partial charge in [0, 0.05) is 17.2 Å². The summed E-state index contributed by atoms with van der Waals surface area (Å²) in [5.41, 5.74) is 0.202. The van der Waals surface area contributed by atoms with Crippen molar-refractivity contribution in [2.45, 2.75) is 50.3 Å². The summed E-state index contributed by atoms with van der Waals surface area (Å²) in [5.74, 6) is 0.171. The number of hydrogen-bond acceptors (Lipinski definition) is 4. The van der Waals surface area contributed by atoms with E-state index in [0.29, 0.717) is 12.2 Å². The minimum atomic E-state index is -4.03. The van der Waals surface area contributed by atoms with Crippen molar-refractivity contribution in [1.29, 1.82) is 0 Å². The van der Waals surface area contributed by atoms with E-state index in [1.165, 1.54) is 12.8 Å². The zero-order valence-electron chi connectivity index (χ0n) is 12.1. The molecule has 1 heterocycles. The molecule has 6 nitrogen and oxygen atoms in total. The number of aromatic amines is 1. The van der Waals surface area contributed by atoms with Crippen LogP contribution in [0.1, 0.15) is 61.6 Å². The number of carbonyl (C=O) groups is 1. The molecule has 1 aliphatic carbocycles. The Labute approximate surface area is 129 Å². The van der Waals surface area contributed by atoms with Crippen LogP contribution in [-0.4, -0.2) is 31.1 Å². The molecule has 0 saturated heterocycles. The topological polar surface area (TPSA) is 91.9 Å². The van der Waals surface area contributed by atoms with Gasteiger partial charge in [-0.1, -0.05) is 26.7 Å². The maximum Gasteiger partial charge on any atom is 0.273 e. The fourth-order valence-corrected chi connectivity index (χ4v) is 3.60. The monoisotopic (exact) mass is 333 g/mol. The lowest BCUT2D eigenvalue weighted by atomic mass is 10.1. The molecule has 1 fully saturated rings. The van der Waals surface area contributed by atoms with Gasteiger partial charge in [0.05, 0.1) is 5.69 Å². The smallest absolute Gasteiger partial charge is 0.273 e. The molecule has 1 amide bonds. The summed E-state index contributed by atoms with van der Waals surface area (Å²) in [6.45, 7) is 4.12. The van der Waals surface area contributed by atoms with Gasteiger partial charge in [-0.2, -0.15) is 5.10 Å². The molecule has 2 N–H and O–H groups in total. The summed E-state index contributed by atoms with van der Waals surface area (Å²) < 4.78 is 23.4. The molecule has 2 rings (SSSR count). The SMILES string of the molecule is CC(C)c1[nH]nc(C(=O)NCCCC2CC2)c1S(=O)(=O)Cl. The Morgan fingerprint density at radius 3 is 2.67 bits per heavy atom. The van der Waals surface area contributed by atoms with Gasteiger partial charge < -0.3 is 5.32 Å². The number of nitrogens with one attached hydrogen (secondary N) is 2. The molecule has 0 atom stereocenters. The van der Waals surface area contributed by atoms with Crippen LogP contribution in [0.3, 0.4) is 0 Å². The fraction of sp³-hybridized carbons (Fsp3) is 0.692. The van der Waals surface area contributed by atoms with Crippen LogP contribution < -0.4 is 5.32 Å². The highest BCUT2D eigenvalue weighted by Crippen LogP contribution is 2.33. The number of H-pyrrole nitrogens is 1. The predicted molar refractivity (Wildman–Crippen MR) is 80.0 cm³/mol. The lowest BCUT2D eigenvalue weighted by Gasteiger charge is -2.06. The van der Waals surface area contributed by atoms with Crippen LogP contribution in [-0.2, 0) is 9.05 Å². The molecule has 1 aromatic rings. The van der Waals surface area contributed by atoms with Crippen molar-refractivity contribution in [2.24, 2.45) is 5.92 Å². The standard InChI is InChI=1S/C13H20ClN3O3S/c1-8(2)10-12(21(14,19)20)11(17-16-10)13(18)15-7-3-4-9-5-6-9/h8-9H,3-7H2,1-2H3,(H,15,18)(H,16,17). The highest BCUT2D eigenvalue weighted by molar-refractivity contribution is 8.13. The van der Waals surface area contributed by atoms with Gasteiger partial charge in [-0.15, -0.1) is 0 Å². The van der Waals surface area contributed by atoms with Crippen molar-refractivity contribution in [1.82, 2.24) is 15.5 Å². The predicted octanol–water partition coefficient (Wildman–Crippen LogP) is 2.38. The van der Waals surface area contributed by atoms with Crippen LogP contribution in [0.15, 0.2) is 4.90 Å². The Morgan fingerprint density at radius 1 is 1.48 bits per heavy atom. The first-order chi connectivity index (χ1) is 9.80. The summed E-state index contributed by atoms with van der Waals surface area (Å²) in [6.07, 6.45) is 4.54. The lowest BCUT2D eigenvalue weighted by Crippen LogP contribution is -2.26. The quantitative estimate of drug-likeness (QED) is 0.592. The first-order valence-corrected chi connectivity index (χ1v) is 9.42. The molecule has 118 valence electrons. The normalized spacial score (nSPS) is 15.4. The third-order valence-electron chi connectivity index (χ3n) is 3.56. The van der Waals surface area contributed by atoms with Gasteiger partial charge in [-0.05, 0) is 24.7 Å². The fourth-order valence-electron chi connectivity index (χ4n) is 2.22. The van der Waals surface area contributed by atoms with Gasteiger partial charge in [0.25, 0.3) is 15.0 Å². The summed E-state index contributed by atoms with van der Waals surface area (Å²) in [4.78, 5) is 11.9. The highest BCUT2D eigenvalue weighted by Gasteiger charge is 2.29. The van der Waals surface area contributed by atoms with E-state index in [1.54, 1.807) is 13.8 Å². The Morgan fingerprint density at radius 2 is 2.14 bits per heavy atom.